The molecule has 0 aromatic heterocycles. The Balaban J connectivity index is 1.63. The summed E-state index contributed by atoms with van der Waals surface area (Å²) in [7, 11) is 0. The topological polar surface area (TPSA) is 29.1 Å². The van der Waals surface area contributed by atoms with Crippen LogP contribution in [0.3, 0.4) is 0 Å². The SMILES string of the molecule is O=C(CNc1ccc(Cl)cc1)c1cccc(C2CC2)c1. The lowest BCUT2D eigenvalue weighted by Gasteiger charge is -2.07. The summed E-state index contributed by atoms with van der Waals surface area (Å²) in [6.07, 6.45) is 2.50. The molecule has 1 fully saturated rings. The zero-order valence-electron chi connectivity index (χ0n) is 11.1. The van der Waals surface area contributed by atoms with E-state index in [4.69, 9.17) is 11.6 Å². The van der Waals surface area contributed by atoms with Gasteiger partial charge in [-0.25, -0.2) is 0 Å². The lowest BCUT2D eigenvalue weighted by Crippen LogP contribution is -2.14. The minimum absolute atomic E-state index is 0.113. The Kier molecular flexibility index (Phi) is 3.75. The maximum absolute atomic E-state index is 12.2. The summed E-state index contributed by atoms with van der Waals surface area (Å²) in [6.45, 7) is 0.301. The Morgan fingerprint density at radius 1 is 1.15 bits per heavy atom. The predicted molar refractivity (Wildman–Crippen MR) is 82.7 cm³/mol. The quantitative estimate of drug-likeness (QED) is 0.819. The molecule has 0 saturated heterocycles. The molecule has 3 heteroatoms. The number of halogens is 1. The van der Waals surface area contributed by atoms with Gasteiger partial charge in [-0.1, -0.05) is 29.8 Å². The van der Waals surface area contributed by atoms with Crippen LogP contribution in [0.25, 0.3) is 0 Å². The van der Waals surface area contributed by atoms with Gasteiger partial charge >= 0.3 is 0 Å². The van der Waals surface area contributed by atoms with E-state index in [1.54, 1.807) is 0 Å². The van der Waals surface area contributed by atoms with Gasteiger partial charge in [-0.2, -0.15) is 0 Å². The fourth-order valence-corrected chi connectivity index (χ4v) is 2.36. The average molecular weight is 286 g/mol. The van der Waals surface area contributed by atoms with Crippen molar-refractivity contribution in [2.75, 3.05) is 11.9 Å². The maximum atomic E-state index is 12.2. The molecule has 1 aliphatic carbocycles. The number of hydrogen-bond acceptors (Lipinski definition) is 2. The van der Waals surface area contributed by atoms with Crippen LogP contribution in [0.15, 0.2) is 48.5 Å². The normalized spacial score (nSPS) is 14.1. The molecule has 3 rings (SSSR count). The first-order valence-electron chi connectivity index (χ1n) is 6.85. The first kappa shape index (κ1) is 13.2. The third-order valence-electron chi connectivity index (χ3n) is 3.55. The summed E-state index contributed by atoms with van der Waals surface area (Å²) in [5, 5.41) is 3.82. The van der Waals surface area contributed by atoms with Crippen molar-refractivity contribution in [2.24, 2.45) is 0 Å². The molecule has 0 aliphatic heterocycles. The fourth-order valence-electron chi connectivity index (χ4n) is 2.23. The number of anilines is 1. The highest BCUT2D eigenvalue weighted by Crippen LogP contribution is 2.40. The van der Waals surface area contributed by atoms with E-state index in [1.807, 2.05) is 42.5 Å². The average Bonchev–Trinajstić information content (AvgIpc) is 3.31. The number of carbonyl (C=O) groups is 1. The summed E-state index contributed by atoms with van der Waals surface area (Å²) in [5.41, 5.74) is 2.99. The van der Waals surface area contributed by atoms with Gasteiger partial charge in [-0.05, 0) is 54.7 Å². The largest absolute Gasteiger partial charge is 0.378 e. The van der Waals surface area contributed by atoms with Crippen molar-refractivity contribution in [1.82, 2.24) is 0 Å². The van der Waals surface area contributed by atoms with Crippen molar-refractivity contribution >= 4 is 23.1 Å². The molecular weight excluding hydrogens is 270 g/mol. The number of ketones is 1. The molecule has 20 heavy (non-hydrogen) atoms. The van der Waals surface area contributed by atoms with Gasteiger partial charge in [0.15, 0.2) is 5.78 Å². The Hall–Kier alpha value is -1.80. The molecule has 0 amide bonds. The van der Waals surface area contributed by atoms with Gasteiger partial charge in [0, 0.05) is 16.3 Å². The Morgan fingerprint density at radius 2 is 1.90 bits per heavy atom. The Morgan fingerprint density at radius 3 is 2.60 bits per heavy atom. The molecule has 0 heterocycles. The predicted octanol–water partition coefficient (Wildman–Crippen LogP) is 4.51. The summed E-state index contributed by atoms with van der Waals surface area (Å²) in [4.78, 5) is 12.2. The van der Waals surface area contributed by atoms with E-state index in [0.29, 0.717) is 17.5 Å². The number of benzene rings is 2. The fraction of sp³-hybridized carbons (Fsp3) is 0.235. The van der Waals surface area contributed by atoms with Gasteiger partial charge in [0.05, 0.1) is 6.54 Å². The monoisotopic (exact) mass is 285 g/mol. The van der Waals surface area contributed by atoms with E-state index in [2.05, 4.69) is 11.4 Å². The van der Waals surface area contributed by atoms with E-state index < -0.39 is 0 Å². The van der Waals surface area contributed by atoms with Gasteiger partial charge in [-0.3, -0.25) is 4.79 Å². The van der Waals surface area contributed by atoms with Crippen LogP contribution in [-0.4, -0.2) is 12.3 Å². The summed E-state index contributed by atoms with van der Waals surface area (Å²) >= 11 is 5.83. The smallest absolute Gasteiger partial charge is 0.181 e. The van der Waals surface area contributed by atoms with Crippen LogP contribution >= 0.6 is 11.6 Å². The molecule has 1 aliphatic rings. The van der Waals surface area contributed by atoms with Crippen LogP contribution in [0.2, 0.25) is 5.02 Å². The highest BCUT2D eigenvalue weighted by atomic mass is 35.5. The van der Waals surface area contributed by atoms with Crippen LogP contribution in [0.4, 0.5) is 5.69 Å². The molecule has 2 nitrogen and oxygen atoms in total. The number of hydrogen-bond donors (Lipinski definition) is 1. The standard InChI is InChI=1S/C17H16ClNO/c18-15-6-8-16(9-7-15)19-11-17(20)14-3-1-2-13(10-14)12-4-5-12/h1-3,6-10,12,19H,4-5,11H2. The third kappa shape index (κ3) is 3.20. The Bertz CT molecular complexity index is 617. The number of carbonyl (C=O) groups excluding carboxylic acids is 1. The molecule has 2 aromatic rings. The number of rotatable bonds is 5. The molecule has 0 spiro atoms. The van der Waals surface area contributed by atoms with Crippen LogP contribution in [0, 0.1) is 0 Å². The van der Waals surface area contributed by atoms with E-state index >= 15 is 0 Å². The van der Waals surface area contributed by atoms with Gasteiger partial charge in [0.2, 0.25) is 0 Å². The third-order valence-corrected chi connectivity index (χ3v) is 3.81. The van der Waals surface area contributed by atoms with Gasteiger partial charge < -0.3 is 5.32 Å². The zero-order chi connectivity index (χ0) is 13.9. The second-order valence-electron chi connectivity index (χ2n) is 5.18. The second-order valence-corrected chi connectivity index (χ2v) is 5.62. The first-order chi connectivity index (χ1) is 9.72. The molecular formula is C17H16ClNO. The van der Waals surface area contributed by atoms with Gasteiger partial charge in [0.25, 0.3) is 0 Å². The van der Waals surface area contributed by atoms with Crippen molar-refractivity contribution in [1.29, 1.82) is 0 Å². The number of Topliss-reactive ketones (excluding diaryl/α,β-unsaturated/α-hetero) is 1. The lowest BCUT2D eigenvalue weighted by atomic mass is 10.0. The lowest BCUT2D eigenvalue weighted by molar-refractivity contribution is 0.101. The van der Waals surface area contributed by atoms with Crippen LogP contribution in [0.5, 0.6) is 0 Å². The van der Waals surface area contributed by atoms with Crippen molar-refractivity contribution in [3.8, 4) is 0 Å². The molecule has 1 saturated carbocycles. The van der Waals surface area contributed by atoms with E-state index in [1.165, 1.54) is 18.4 Å². The van der Waals surface area contributed by atoms with Gasteiger partial charge in [-0.15, -0.1) is 0 Å². The Labute approximate surface area is 123 Å². The molecule has 0 radical (unpaired) electrons. The van der Waals surface area contributed by atoms with Crippen LogP contribution in [0.1, 0.15) is 34.7 Å². The zero-order valence-corrected chi connectivity index (χ0v) is 11.9. The van der Waals surface area contributed by atoms with E-state index in [-0.39, 0.29) is 5.78 Å². The highest BCUT2D eigenvalue weighted by Gasteiger charge is 2.23. The summed E-state index contributed by atoms with van der Waals surface area (Å²) < 4.78 is 0. The number of nitrogens with one attached hydrogen (secondary N) is 1. The van der Waals surface area contributed by atoms with E-state index in [9.17, 15) is 4.79 Å². The second kappa shape index (κ2) is 5.68. The summed E-state index contributed by atoms with van der Waals surface area (Å²) in [5.74, 6) is 0.787. The minimum Gasteiger partial charge on any atom is -0.378 e. The van der Waals surface area contributed by atoms with Crippen molar-refractivity contribution in [2.45, 2.75) is 18.8 Å². The molecule has 0 atom stereocenters. The van der Waals surface area contributed by atoms with Crippen LogP contribution in [-0.2, 0) is 0 Å². The first-order valence-corrected chi connectivity index (χ1v) is 7.23. The van der Waals surface area contributed by atoms with E-state index in [0.717, 1.165) is 11.3 Å². The van der Waals surface area contributed by atoms with Gasteiger partial charge in [0.1, 0.15) is 0 Å². The van der Waals surface area contributed by atoms with Crippen molar-refractivity contribution in [3.63, 3.8) is 0 Å². The molecule has 0 unspecified atom stereocenters. The molecule has 102 valence electrons. The minimum atomic E-state index is 0.113. The molecule has 1 N–H and O–H groups in total. The molecule has 2 aromatic carbocycles. The van der Waals surface area contributed by atoms with Crippen LogP contribution < -0.4 is 5.32 Å². The molecule has 0 bridgehead atoms. The maximum Gasteiger partial charge on any atom is 0.181 e. The van der Waals surface area contributed by atoms with Crippen molar-refractivity contribution < 1.29 is 4.79 Å². The van der Waals surface area contributed by atoms with Crippen molar-refractivity contribution in [3.05, 3.63) is 64.7 Å². The summed E-state index contributed by atoms with van der Waals surface area (Å²) in [6, 6.07) is 15.4. The highest BCUT2D eigenvalue weighted by molar-refractivity contribution is 6.30.